The zero-order chi connectivity index (χ0) is 22.4. The van der Waals surface area contributed by atoms with E-state index in [-0.39, 0.29) is 17.5 Å². The highest BCUT2D eigenvalue weighted by Crippen LogP contribution is 2.28. The van der Waals surface area contributed by atoms with Gasteiger partial charge >= 0.3 is 0 Å². The quantitative estimate of drug-likeness (QED) is 0.452. The molecule has 1 aromatic rings. The molecule has 2 aliphatic rings. The Kier molecular flexibility index (Phi) is 7.75. The molecule has 0 amide bonds. The smallest absolute Gasteiger partial charge is 0.127 e. The summed E-state index contributed by atoms with van der Waals surface area (Å²) in [6.07, 6.45) is 9.66. The second kappa shape index (κ2) is 10.5. The summed E-state index contributed by atoms with van der Waals surface area (Å²) in [4.78, 5) is 8.61. The van der Waals surface area contributed by atoms with Gasteiger partial charge in [-0.3, -0.25) is 10.8 Å². The summed E-state index contributed by atoms with van der Waals surface area (Å²) >= 11 is 0. The van der Waals surface area contributed by atoms with Crippen molar-refractivity contribution in [2.45, 2.75) is 58.6 Å². The third kappa shape index (κ3) is 4.93. The number of oxime groups is 1. The van der Waals surface area contributed by atoms with E-state index in [0.29, 0.717) is 22.9 Å². The highest BCUT2D eigenvalue weighted by atomic mass is 16.6. The molecule has 0 aliphatic heterocycles. The Bertz CT molecular complexity index is 928. The van der Waals surface area contributed by atoms with E-state index in [0.717, 1.165) is 49.9 Å². The molecule has 2 N–H and O–H groups in total. The Balaban J connectivity index is 1.89. The second-order valence-electron chi connectivity index (χ2n) is 8.13. The van der Waals surface area contributed by atoms with Gasteiger partial charge in [0.05, 0.1) is 11.4 Å². The van der Waals surface area contributed by atoms with Gasteiger partial charge in [-0.15, -0.1) is 0 Å². The SMILES string of the molecule is C=C/C=C\C1=C(C)C(=N/OC2CCC(N(CC)CC)CC2)/c2ccccc2C(=N)C1=N. The molecule has 2 aliphatic carbocycles. The minimum absolute atomic E-state index is 0.105. The van der Waals surface area contributed by atoms with E-state index in [9.17, 15) is 0 Å². The Hall–Kier alpha value is -2.79. The van der Waals surface area contributed by atoms with Crippen LogP contribution in [0.5, 0.6) is 0 Å². The number of fused-ring (bicyclic) bond motifs is 1. The minimum Gasteiger partial charge on any atom is -0.392 e. The van der Waals surface area contributed by atoms with Gasteiger partial charge in [0.1, 0.15) is 11.8 Å². The van der Waals surface area contributed by atoms with Crippen LogP contribution in [0.15, 0.2) is 65.4 Å². The molecule has 0 spiro atoms. The molecule has 31 heavy (non-hydrogen) atoms. The van der Waals surface area contributed by atoms with Gasteiger partial charge in [-0.2, -0.15) is 0 Å². The van der Waals surface area contributed by atoms with Crippen molar-refractivity contribution >= 4 is 17.1 Å². The molecular weight excluding hydrogens is 384 g/mol. The predicted octanol–water partition coefficient (Wildman–Crippen LogP) is 5.52. The molecule has 0 unspecified atom stereocenters. The van der Waals surface area contributed by atoms with Crippen molar-refractivity contribution in [2.24, 2.45) is 5.16 Å². The van der Waals surface area contributed by atoms with Gasteiger partial charge in [0.15, 0.2) is 0 Å². The van der Waals surface area contributed by atoms with E-state index in [2.05, 4.69) is 30.5 Å². The summed E-state index contributed by atoms with van der Waals surface area (Å²) in [6.45, 7) is 12.3. The van der Waals surface area contributed by atoms with E-state index < -0.39 is 0 Å². The van der Waals surface area contributed by atoms with Crippen LogP contribution in [0.2, 0.25) is 0 Å². The molecule has 1 aromatic carbocycles. The fourth-order valence-corrected chi connectivity index (χ4v) is 4.57. The summed E-state index contributed by atoms with van der Waals surface area (Å²) in [5.74, 6) is 0. The highest BCUT2D eigenvalue weighted by molar-refractivity contribution is 6.55. The molecule has 1 fully saturated rings. The number of hydrogen-bond acceptors (Lipinski definition) is 5. The fraction of sp³-hybridized carbons (Fsp3) is 0.423. The molecule has 0 atom stereocenters. The molecule has 0 radical (unpaired) electrons. The lowest BCUT2D eigenvalue weighted by molar-refractivity contribution is 0.0119. The molecular formula is C26H34N4O. The average molecular weight is 419 g/mol. The van der Waals surface area contributed by atoms with Crippen LogP contribution >= 0.6 is 0 Å². The van der Waals surface area contributed by atoms with Crippen LogP contribution in [-0.2, 0) is 4.84 Å². The van der Waals surface area contributed by atoms with E-state index >= 15 is 0 Å². The van der Waals surface area contributed by atoms with Gasteiger partial charge in [0.2, 0.25) is 0 Å². The number of rotatable bonds is 7. The molecule has 164 valence electrons. The standard InChI is InChI=1S/C26H34N4O/c1-5-8-11-21-18(4)26(23-13-10-9-12-22(23)25(28)24(21)27)29-31-20-16-14-19(15-17-20)30(6-2)7-3/h5,8-13,19-20,27-28H,1,6-7,14-17H2,2-4H3/b11-8-,27-24?,28-25?,29-26-. The summed E-state index contributed by atoms with van der Waals surface area (Å²) in [5.41, 5.74) is 4.16. The van der Waals surface area contributed by atoms with Gasteiger partial charge in [0, 0.05) is 22.7 Å². The first-order chi connectivity index (χ1) is 15.0. The van der Waals surface area contributed by atoms with Crippen LogP contribution < -0.4 is 0 Å². The maximum Gasteiger partial charge on any atom is 0.127 e. The number of allylic oxidation sites excluding steroid dienone is 5. The molecule has 0 saturated heterocycles. The van der Waals surface area contributed by atoms with Crippen molar-refractivity contribution in [1.29, 1.82) is 10.8 Å². The monoisotopic (exact) mass is 418 g/mol. The van der Waals surface area contributed by atoms with Gasteiger partial charge in [0.25, 0.3) is 0 Å². The van der Waals surface area contributed by atoms with Crippen molar-refractivity contribution in [3.8, 4) is 0 Å². The van der Waals surface area contributed by atoms with Gasteiger partial charge in [-0.05, 0) is 51.3 Å². The predicted molar refractivity (Wildman–Crippen MR) is 130 cm³/mol. The van der Waals surface area contributed by atoms with Crippen LogP contribution in [0.4, 0.5) is 0 Å². The normalized spacial score (nSPS) is 23.4. The Morgan fingerprint density at radius 2 is 1.71 bits per heavy atom. The van der Waals surface area contributed by atoms with Crippen molar-refractivity contribution in [3.63, 3.8) is 0 Å². The number of hydrogen-bond donors (Lipinski definition) is 2. The Morgan fingerprint density at radius 3 is 2.32 bits per heavy atom. The van der Waals surface area contributed by atoms with E-state index in [1.165, 1.54) is 0 Å². The Morgan fingerprint density at radius 1 is 1.06 bits per heavy atom. The molecule has 0 bridgehead atoms. The van der Waals surface area contributed by atoms with Crippen LogP contribution in [-0.4, -0.2) is 47.3 Å². The van der Waals surface area contributed by atoms with Crippen molar-refractivity contribution in [3.05, 3.63) is 71.3 Å². The van der Waals surface area contributed by atoms with E-state index in [4.69, 9.17) is 15.7 Å². The molecule has 1 saturated carbocycles. The number of benzene rings is 1. The van der Waals surface area contributed by atoms with E-state index in [1.54, 1.807) is 12.2 Å². The zero-order valence-corrected chi connectivity index (χ0v) is 18.9. The average Bonchev–Trinajstić information content (AvgIpc) is 2.87. The third-order valence-electron chi connectivity index (χ3n) is 6.39. The first kappa shape index (κ1) is 22.9. The van der Waals surface area contributed by atoms with Gasteiger partial charge < -0.3 is 9.74 Å². The second-order valence-corrected chi connectivity index (χ2v) is 8.13. The molecule has 5 nitrogen and oxygen atoms in total. The molecule has 0 heterocycles. The maximum atomic E-state index is 8.58. The number of nitrogens with zero attached hydrogens (tertiary/aromatic N) is 2. The van der Waals surface area contributed by atoms with Crippen LogP contribution in [0.1, 0.15) is 57.6 Å². The van der Waals surface area contributed by atoms with Crippen molar-refractivity contribution in [1.82, 2.24) is 4.90 Å². The summed E-state index contributed by atoms with van der Waals surface area (Å²) in [5, 5.41) is 21.8. The van der Waals surface area contributed by atoms with Crippen LogP contribution in [0, 0.1) is 10.8 Å². The largest absolute Gasteiger partial charge is 0.392 e. The topological polar surface area (TPSA) is 72.5 Å². The molecule has 3 rings (SSSR count). The third-order valence-corrected chi connectivity index (χ3v) is 6.39. The lowest BCUT2D eigenvalue weighted by Gasteiger charge is -2.34. The minimum atomic E-state index is 0.105. The fourth-order valence-electron chi connectivity index (χ4n) is 4.57. The van der Waals surface area contributed by atoms with Crippen LogP contribution in [0.3, 0.4) is 0 Å². The van der Waals surface area contributed by atoms with Crippen LogP contribution in [0.25, 0.3) is 0 Å². The maximum absolute atomic E-state index is 8.58. The molecule has 5 heteroatoms. The lowest BCUT2D eigenvalue weighted by atomic mass is 9.92. The summed E-state index contributed by atoms with van der Waals surface area (Å²) < 4.78 is 0. The Labute approximate surface area is 186 Å². The van der Waals surface area contributed by atoms with Crippen molar-refractivity contribution < 1.29 is 4.84 Å². The summed E-state index contributed by atoms with van der Waals surface area (Å²) in [6, 6.07) is 8.32. The zero-order valence-electron chi connectivity index (χ0n) is 18.9. The van der Waals surface area contributed by atoms with Gasteiger partial charge in [-0.1, -0.05) is 68.1 Å². The first-order valence-electron chi connectivity index (χ1n) is 11.3. The van der Waals surface area contributed by atoms with E-state index in [1.807, 2.05) is 37.3 Å². The summed E-state index contributed by atoms with van der Waals surface area (Å²) in [7, 11) is 0. The molecule has 0 aromatic heterocycles. The lowest BCUT2D eigenvalue weighted by Crippen LogP contribution is -2.39. The van der Waals surface area contributed by atoms with Crippen molar-refractivity contribution in [2.75, 3.05) is 13.1 Å². The van der Waals surface area contributed by atoms with Gasteiger partial charge in [-0.25, -0.2) is 0 Å². The first-order valence-corrected chi connectivity index (χ1v) is 11.3. The number of nitrogens with one attached hydrogen (secondary N) is 2. The highest BCUT2D eigenvalue weighted by Gasteiger charge is 2.28.